The second-order valence-electron chi connectivity index (χ2n) is 6.16. The molecule has 0 radical (unpaired) electrons. The molecule has 0 atom stereocenters. The van der Waals surface area contributed by atoms with E-state index in [0.717, 1.165) is 11.1 Å². The van der Waals surface area contributed by atoms with Crippen LogP contribution in [0.2, 0.25) is 0 Å². The summed E-state index contributed by atoms with van der Waals surface area (Å²) < 4.78 is 18.2. The van der Waals surface area contributed by atoms with Gasteiger partial charge in [0.25, 0.3) is 5.91 Å². The Morgan fingerprint density at radius 2 is 1.82 bits per heavy atom. The Hall–Kier alpha value is -3.48. The van der Waals surface area contributed by atoms with Crippen LogP contribution >= 0.6 is 0 Å². The Bertz CT molecular complexity index is 939. The molecular weight excluding hydrogens is 361 g/mol. The molecule has 144 valence electrons. The van der Waals surface area contributed by atoms with Gasteiger partial charge in [0.05, 0.1) is 6.54 Å². The monoisotopic (exact) mass is 381 g/mol. The summed E-state index contributed by atoms with van der Waals surface area (Å²) in [6.07, 6.45) is 0. The molecule has 0 unspecified atom stereocenters. The minimum absolute atomic E-state index is 0.107. The molecule has 1 heterocycles. The molecule has 0 bridgehead atoms. The number of hydrogen-bond donors (Lipinski definition) is 1. The number of likely N-dealkylation sites (N-methyl/N-ethyl adjacent to an activating group) is 1. The SMILES string of the molecule is CCN(CC(=O)NCc1ccc(F)cc1)C(=O)c1cc(-c2ccccc2)on1. The number of hydrogen-bond acceptors (Lipinski definition) is 4. The van der Waals surface area contributed by atoms with Crippen molar-refractivity contribution in [3.8, 4) is 11.3 Å². The van der Waals surface area contributed by atoms with Gasteiger partial charge in [-0.3, -0.25) is 9.59 Å². The molecule has 6 nitrogen and oxygen atoms in total. The molecule has 0 aliphatic rings. The summed E-state index contributed by atoms with van der Waals surface area (Å²) in [4.78, 5) is 26.2. The number of benzene rings is 2. The summed E-state index contributed by atoms with van der Waals surface area (Å²) in [7, 11) is 0. The molecule has 0 spiro atoms. The highest BCUT2D eigenvalue weighted by molar-refractivity contribution is 5.95. The summed E-state index contributed by atoms with van der Waals surface area (Å²) in [5.74, 6) is -0.544. The molecule has 2 aromatic carbocycles. The summed E-state index contributed by atoms with van der Waals surface area (Å²) >= 11 is 0. The second-order valence-corrected chi connectivity index (χ2v) is 6.16. The Kier molecular flexibility index (Phi) is 6.16. The van der Waals surface area contributed by atoms with Gasteiger partial charge in [0.1, 0.15) is 5.82 Å². The minimum Gasteiger partial charge on any atom is -0.355 e. The number of nitrogens with zero attached hydrogens (tertiary/aromatic N) is 2. The molecule has 2 amide bonds. The zero-order valence-electron chi connectivity index (χ0n) is 15.4. The summed E-state index contributed by atoms with van der Waals surface area (Å²) in [5.41, 5.74) is 1.73. The lowest BCUT2D eigenvalue weighted by molar-refractivity contribution is -0.121. The average Bonchev–Trinajstić information content (AvgIpc) is 3.22. The van der Waals surface area contributed by atoms with Gasteiger partial charge < -0.3 is 14.7 Å². The van der Waals surface area contributed by atoms with Crippen LogP contribution in [-0.2, 0) is 11.3 Å². The first kappa shape index (κ1) is 19.3. The van der Waals surface area contributed by atoms with Gasteiger partial charge in [-0.25, -0.2) is 4.39 Å². The van der Waals surface area contributed by atoms with E-state index in [0.29, 0.717) is 12.3 Å². The molecule has 0 fully saturated rings. The Morgan fingerprint density at radius 1 is 1.11 bits per heavy atom. The lowest BCUT2D eigenvalue weighted by Gasteiger charge is -2.19. The maximum absolute atomic E-state index is 12.9. The van der Waals surface area contributed by atoms with E-state index in [9.17, 15) is 14.0 Å². The van der Waals surface area contributed by atoms with E-state index in [4.69, 9.17) is 4.52 Å². The van der Waals surface area contributed by atoms with Gasteiger partial charge in [-0.15, -0.1) is 0 Å². The van der Waals surface area contributed by atoms with Gasteiger partial charge in [0.2, 0.25) is 5.91 Å². The molecule has 3 rings (SSSR count). The van der Waals surface area contributed by atoms with E-state index in [1.54, 1.807) is 25.1 Å². The van der Waals surface area contributed by atoms with Gasteiger partial charge in [-0.2, -0.15) is 0 Å². The largest absolute Gasteiger partial charge is 0.355 e. The topological polar surface area (TPSA) is 75.4 Å². The second kappa shape index (κ2) is 8.94. The summed E-state index contributed by atoms with van der Waals surface area (Å²) in [6.45, 7) is 2.27. The van der Waals surface area contributed by atoms with Crippen molar-refractivity contribution in [3.63, 3.8) is 0 Å². The van der Waals surface area contributed by atoms with E-state index in [1.807, 2.05) is 30.3 Å². The average molecular weight is 381 g/mol. The third-order valence-electron chi connectivity index (χ3n) is 4.19. The van der Waals surface area contributed by atoms with Crippen LogP contribution in [0.25, 0.3) is 11.3 Å². The van der Waals surface area contributed by atoms with E-state index in [-0.39, 0.29) is 36.4 Å². The Balaban J connectivity index is 1.59. The molecule has 28 heavy (non-hydrogen) atoms. The van der Waals surface area contributed by atoms with Crippen molar-refractivity contribution < 1.29 is 18.5 Å². The zero-order valence-corrected chi connectivity index (χ0v) is 15.4. The normalized spacial score (nSPS) is 10.5. The predicted molar refractivity (Wildman–Crippen MR) is 102 cm³/mol. The fraction of sp³-hybridized carbons (Fsp3) is 0.190. The molecule has 7 heteroatoms. The van der Waals surface area contributed by atoms with Gasteiger partial charge >= 0.3 is 0 Å². The smallest absolute Gasteiger partial charge is 0.276 e. The third-order valence-corrected chi connectivity index (χ3v) is 4.19. The molecule has 1 aromatic heterocycles. The summed E-state index contributed by atoms with van der Waals surface area (Å²) in [5, 5.41) is 6.56. The zero-order chi connectivity index (χ0) is 19.9. The number of carbonyl (C=O) groups is 2. The van der Waals surface area contributed by atoms with Gasteiger partial charge in [0.15, 0.2) is 11.5 Å². The first-order valence-corrected chi connectivity index (χ1v) is 8.89. The van der Waals surface area contributed by atoms with Gasteiger partial charge in [-0.1, -0.05) is 47.6 Å². The Labute approximate surface area is 161 Å². The molecule has 1 N–H and O–H groups in total. The van der Waals surface area contributed by atoms with Crippen molar-refractivity contribution in [2.24, 2.45) is 0 Å². The first-order chi connectivity index (χ1) is 13.6. The number of halogens is 1. The maximum atomic E-state index is 12.9. The highest BCUT2D eigenvalue weighted by Gasteiger charge is 2.21. The number of aromatic nitrogens is 1. The van der Waals surface area contributed by atoms with Crippen LogP contribution < -0.4 is 5.32 Å². The molecular formula is C21H20FN3O3. The van der Waals surface area contributed by atoms with Crippen molar-refractivity contribution in [3.05, 3.63) is 77.7 Å². The fourth-order valence-corrected chi connectivity index (χ4v) is 2.64. The van der Waals surface area contributed by atoms with Crippen molar-refractivity contribution in [1.29, 1.82) is 0 Å². The third kappa shape index (κ3) is 4.82. The van der Waals surface area contributed by atoms with Crippen LogP contribution in [0.15, 0.2) is 65.2 Å². The van der Waals surface area contributed by atoms with Crippen molar-refractivity contribution >= 4 is 11.8 Å². The van der Waals surface area contributed by atoms with Gasteiger partial charge in [-0.05, 0) is 24.6 Å². The van der Waals surface area contributed by atoms with Crippen LogP contribution in [0.4, 0.5) is 4.39 Å². The van der Waals surface area contributed by atoms with Crippen LogP contribution in [0.1, 0.15) is 23.0 Å². The molecule has 0 aliphatic heterocycles. The quantitative estimate of drug-likeness (QED) is 0.682. The van der Waals surface area contributed by atoms with E-state index in [2.05, 4.69) is 10.5 Å². The van der Waals surface area contributed by atoms with Gasteiger partial charge in [0, 0.05) is 24.7 Å². The van der Waals surface area contributed by atoms with E-state index in [1.165, 1.54) is 17.0 Å². The number of rotatable bonds is 7. The number of nitrogens with one attached hydrogen (secondary N) is 1. The van der Waals surface area contributed by atoms with Crippen molar-refractivity contribution in [2.45, 2.75) is 13.5 Å². The minimum atomic E-state index is -0.384. The van der Waals surface area contributed by atoms with E-state index >= 15 is 0 Å². The van der Waals surface area contributed by atoms with Crippen LogP contribution in [0, 0.1) is 5.82 Å². The molecule has 0 saturated carbocycles. The van der Waals surface area contributed by atoms with Crippen LogP contribution in [-0.4, -0.2) is 35.0 Å². The first-order valence-electron chi connectivity index (χ1n) is 8.89. The van der Waals surface area contributed by atoms with E-state index < -0.39 is 0 Å². The highest BCUT2D eigenvalue weighted by Crippen LogP contribution is 2.20. The predicted octanol–water partition coefficient (Wildman–Crippen LogP) is 3.26. The molecule has 0 saturated heterocycles. The van der Waals surface area contributed by atoms with Crippen LogP contribution in [0.3, 0.4) is 0 Å². The maximum Gasteiger partial charge on any atom is 0.276 e. The van der Waals surface area contributed by atoms with Crippen LogP contribution in [0.5, 0.6) is 0 Å². The Morgan fingerprint density at radius 3 is 2.50 bits per heavy atom. The van der Waals surface area contributed by atoms with Crippen molar-refractivity contribution in [1.82, 2.24) is 15.4 Å². The lowest BCUT2D eigenvalue weighted by Crippen LogP contribution is -2.40. The summed E-state index contributed by atoms with van der Waals surface area (Å²) in [6, 6.07) is 16.7. The fourth-order valence-electron chi connectivity index (χ4n) is 2.64. The highest BCUT2D eigenvalue weighted by atomic mass is 19.1. The molecule has 0 aliphatic carbocycles. The number of carbonyl (C=O) groups excluding carboxylic acids is 2. The standard InChI is InChI=1S/C21H20FN3O3/c1-2-25(14-20(26)23-13-15-8-10-17(22)11-9-15)21(27)18-12-19(28-24-18)16-6-4-3-5-7-16/h3-12H,2,13-14H2,1H3,(H,23,26). The van der Waals surface area contributed by atoms with Crippen molar-refractivity contribution in [2.75, 3.05) is 13.1 Å². The number of amides is 2. The molecule has 3 aromatic rings. The lowest BCUT2D eigenvalue weighted by atomic mass is 10.1.